The minimum absolute atomic E-state index is 0.189. The van der Waals surface area contributed by atoms with Gasteiger partial charge in [0.1, 0.15) is 12.1 Å². The molecule has 7 nitrogen and oxygen atoms in total. The van der Waals surface area contributed by atoms with Crippen molar-refractivity contribution in [1.82, 2.24) is 5.32 Å². The van der Waals surface area contributed by atoms with Gasteiger partial charge in [0.25, 0.3) is 0 Å². The zero-order valence-corrected chi connectivity index (χ0v) is 11.0. The third kappa shape index (κ3) is 2.39. The molecule has 1 aromatic rings. The van der Waals surface area contributed by atoms with E-state index in [2.05, 4.69) is 5.32 Å². The lowest BCUT2D eigenvalue weighted by Gasteiger charge is -2.29. The second kappa shape index (κ2) is 5.38. The van der Waals surface area contributed by atoms with E-state index >= 15 is 0 Å². The number of benzene rings is 1. The van der Waals surface area contributed by atoms with Crippen molar-refractivity contribution < 1.29 is 29.3 Å². The second-order valence-corrected chi connectivity index (χ2v) is 4.44. The zero-order valence-electron chi connectivity index (χ0n) is 11.0. The van der Waals surface area contributed by atoms with Crippen LogP contribution >= 0.6 is 0 Å². The first kappa shape index (κ1) is 14.1. The van der Waals surface area contributed by atoms with E-state index in [0.717, 1.165) is 0 Å². The summed E-state index contributed by atoms with van der Waals surface area (Å²) in [5.41, 5.74) is 1.12. The van der Waals surface area contributed by atoms with Gasteiger partial charge >= 0.3 is 11.9 Å². The van der Waals surface area contributed by atoms with E-state index in [1.165, 1.54) is 14.2 Å². The molecule has 0 bridgehead atoms. The Labute approximate surface area is 115 Å². The van der Waals surface area contributed by atoms with Gasteiger partial charge in [-0.15, -0.1) is 0 Å². The Morgan fingerprint density at radius 3 is 2.25 bits per heavy atom. The van der Waals surface area contributed by atoms with Crippen molar-refractivity contribution in [1.29, 1.82) is 0 Å². The number of hydrogen-bond acceptors (Lipinski definition) is 5. The molecule has 3 N–H and O–H groups in total. The van der Waals surface area contributed by atoms with Crippen molar-refractivity contribution in [3.63, 3.8) is 0 Å². The Hall–Kier alpha value is -2.28. The van der Waals surface area contributed by atoms with Crippen LogP contribution in [0.5, 0.6) is 11.5 Å². The number of carbonyl (C=O) groups is 2. The third-order valence-electron chi connectivity index (χ3n) is 3.29. The first-order valence-corrected chi connectivity index (χ1v) is 5.94. The van der Waals surface area contributed by atoms with Crippen molar-refractivity contribution in [3.8, 4) is 11.5 Å². The Balaban J connectivity index is 2.53. The summed E-state index contributed by atoms with van der Waals surface area (Å²) in [6, 6.07) is 1.17. The summed E-state index contributed by atoms with van der Waals surface area (Å²) in [6.07, 6.45) is 0.189. The summed E-state index contributed by atoms with van der Waals surface area (Å²) in [6.45, 7) is 0. The summed E-state index contributed by atoms with van der Waals surface area (Å²) >= 11 is 0. The number of methoxy groups -OCH3 is 2. The lowest BCUT2D eigenvalue weighted by molar-refractivity contribution is -0.143. The molecular weight excluding hydrogens is 266 g/mol. The van der Waals surface area contributed by atoms with Crippen LogP contribution < -0.4 is 14.8 Å². The highest BCUT2D eigenvalue weighted by Crippen LogP contribution is 2.36. The van der Waals surface area contributed by atoms with Crippen LogP contribution in [-0.4, -0.2) is 42.4 Å². The molecule has 1 heterocycles. The van der Waals surface area contributed by atoms with Crippen molar-refractivity contribution in [2.75, 3.05) is 14.2 Å². The van der Waals surface area contributed by atoms with Gasteiger partial charge in [-0.25, -0.2) is 0 Å². The van der Waals surface area contributed by atoms with Gasteiger partial charge in [-0.05, 0) is 29.7 Å². The molecule has 108 valence electrons. The van der Waals surface area contributed by atoms with Crippen LogP contribution in [0.25, 0.3) is 0 Å². The highest BCUT2D eigenvalue weighted by Gasteiger charge is 2.35. The molecule has 2 rings (SSSR count). The molecule has 0 saturated heterocycles. The topological polar surface area (TPSA) is 105 Å². The highest BCUT2D eigenvalue weighted by molar-refractivity contribution is 5.81. The number of carboxylic acids is 2. The van der Waals surface area contributed by atoms with Gasteiger partial charge in [0.2, 0.25) is 0 Å². The minimum atomic E-state index is -1.13. The van der Waals surface area contributed by atoms with E-state index in [9.17, 15) is 14.7 Å². The molecule has 0 amide bonds. The minimum Gasteiger partial charge on any atom is -0.493 e. The lowest BCUT2D eigenvalue weighted by Crippen LogP contribution is -2.47. The predicted octanol–water partition coefficient (Wildman–Crippen LogP) is 0.428. The summed E-state index contributed by atoms with van der Waals surface area (Å²) in [5.74, 6) is -1.37. The van der Waals surface area contributed by atoms with Crippen molar-refractivity contribution >= 4 is 11.9 Å². The van der Waals surface area contributed by atoms with Crippen LogP contribution in [0.2, 0.25) is 0 Å². The van der Waals surface area contributed by atoms with E-state index in [1.807, 2.05) is 0 Å². The quantitative estimate of drug-likeness (QED) is 0.734. The molecule has 2 atom stereocenters. The fourth-order valence-corrected chi connectivity index (χ4v) is 2.32. The van der Waals surface area contributed by atoms with Gasteiger partial charge in [0.05, 0.1) is 14.2 Å². The van der Waals surface area contributed by atoms with E-state index in [1.54, 1.807) is 12.1 Å². The monoisotopic (exact) mass is 281 g/mol. The van der Waals surface area contributed by atoms with E-state index in [4.69, 9.17) is 14.6 Å². The number of carboxylic acid groups (broad SMARTS) is 2. The van der Waals surface area contributed by atoms with Gasteiger partial charge in [-0.3, -0.25) is 14.9 Å². The number of ether oxygens (including phenoxy) is 2. The molecule has 20 heavy (non-hydrogen) atoms. The molecular formula is C13H15NO6. The first-order valence-electron chi connectivity index (χ1n) is 5.94. The van der Waals surface area contributed by atoms with Crippen molar-refractivity contribution in [2.24, 2.45) is 0 Å². The van der Waals surface area contributed by atoms with Gasteiger partial charge in [0, 0.05) is 0 Å². The molecule has 1 aliphatic heterocycles. The van der Waals surface area contributed by atoms with Crippen LogP contribution in [0.4, 0.5) is 0 Å². The van der Waals surface area contributed by atoms with Gasteiger partial charge < -0.3 is 19.7 Å². The predicted molar refractivity (Wildman–Crippen MR) is 68.2 cm³/mol. The number of nitrogens with one attached hydrogen (secondary N) is 1. The van der Waals surface area contributed by atoms with Crippen LogP contribution in [0.1, 0.15) is 17.2 Å². The molecule has 0 aliphatic carbocycles. The molecule has 2 unspecified atom stereocenters. The molecule has 7 heteroatoms. The molecule has 0 spiro atoms. The fraction of sp³-hybridized carbons (Fsp3) is 0.385. The van der Waals surface area contributed by atoms with Crippen molar-refractivity contribution in [3.05, 3.63) is 23.3 Å². The SMILES string of the molecule is COc1cc2c(cc1OC)C(C(=O)O)NC(C(=O)O)C2. The number of hydrogen-bond donors (Lipinski definition) is 3. The number of aliphatic carboxylic acids is 2. The standard InChI is InChI=1S/C13H15NO6/c1-19-9-4-6-3-8(12(15)16)14-11(13(17)18)7(6)5-10(9)20-2/h4-5,8,11,14H,3H2,1-2H3,(H,15,16)(H,17,18). The Bertz CT molecular complexity index is 556. The summed E-state index contributed by atoms with van der Waals surface area (Å²) < 4.78 is 10.3. The van der Waals surface area contributed by atoms with E-state index in [-0.39, 0.29) is 6.42 Å². The molecule has 1 aromatic carbocycles. The summed E-state index contributed by atoms with van der Waals surface area (Å²) in [4.78, 5) is 22.4. The maximum atomic E-state index is 11.3. The molecule has 0 radical (unpaired) electrons. The molecule has 1 aliphatic rings. The lowest BCUT2D eigenvalue weighted by atomic mass is 9.89. The number of rotatable bonds is 4. The summed E-state index contributed by atoms with van der Waals surface area (Å²) in [7, 11) is 2.92. The van der Waals surface area contributed by atoms with Crippen LogP contribution in [0.3, 0.4) is 0 Å². The van der Waals surface area contributed by atoms with Crippen LogP contribution in [-0.2, 0) is 16.0 Å². The van der Waals surface area contributed by atoms with Crippen molar-refractivity contribution in [2.45, 2.75) is 18.5 Å². The molecule has 0 fully saturated rings. The van der Waals surface area contributed by atoms with Gasteiger partial charge in [-0.2, -0.15) is 0 Å². The van der Waals surface area contributed by atoms with E-state index in [0.29, 0.717) is 22.6 Å². The van der Waals surface area contributed by atoms with Crippen LogP contribution in [0, 0.1) is 0 Å². The fourth-order valence-electron chi connectivity index (χ4n) is 2.32. The summed E-state index contributed by atoms with van der Waals surface area (Å²) in [5, 5.41) is 20.9. The highest BCUT2D eigenvalue weighted by atomic mass is 16.5. The normalized spacial score (nSPS) is 20.9. The first-order chi connectivity index (χ1) is 9.47. The Morgan fingerprint density at radius 2 is 1.75 bits per heavy atom. The average molecular weight is 281 g/mol. The second-order valence-electron chi connectivity index (χ2n) is 4.44. The Morgan fingerprint density at radius 1 is 1.15 bits per heavy atom. The van der Waals surface area contributed by atoms with E-state index < -0.39 is 24.0 Å². The average Bonchev–Trinajstić information content (AvgIpc) is 2.43. The van der Waals surface area contributed by atoms with Crippen LogP contribution in [0.15, 0.2) is 12.1 Å². The Kier molecular flexibility index (Phi) is 3.80. The molecule has 0 saturated carbocycles. The maximum Gasteiger partial charge on any atom is 0.325 e. The molecule has 0 aromatic heterocycles. The van der Waals surface area contributed by atoms with Gasteiger partial charge in [-0.1, -0.05) is 0 Å². The largest absolute Gasteiger partial charge is 0.493 e. The number of fused-ring (bicyclic) bond motifs is 1. The third-order valence-corrected chi connectivity index (χ3v) is 3.29. The maximum absolute atomic E-state index is 11.3. The van der Waals surface area contributed by atoms with Gasteiger partial charge in [0.15, 0.2) is 11.5 Å². The smallest absolute Gasteiger partial charge is 0.325 e. The zero-order chi connectivity index (χ0) is 14.9.